The lowest BCUT2D eigenvalue weighted by Crippen LogP contribution is -2.45. The minimum atomic E-state index is -0.575. The monoisotopic (exact) mass is 398 g/mol. The molecule has 1 aromatic heterocycles. The van der Waals surface area contributed by atoms with Crippen molar-refractivity contribution in [2.75, 3.05) is 46.3 Å². The molecular formula is C22H30N4O3. The number of oxazole rings is 1. The number of aromatic nitrogens is 1. The summed E-state index contributed by atoms with van der Waals surface area (Å²) in [6.45, 7) is 7.30. The Morgan fingerprint density at radius 1 is 1.24 bits per heavy atom. The smallest absolute Gasteiger partial charge is 0.275 e. The van der Waals surface area contributed by atoms with Gasteiger partial charge in [-0.15, -0.1) is 0 Å². The van der Waals surface area contributed by atoms with Gasteiger partial charge in [0.25, 0.3) is 5.91 Å². The van der Waals surface area contributed by atoms with Crippen LogP contribution < -0.4 is 0 Å². The number of hydrogen-bond acceptors (Lipinski definition) is 6. The van der Waals surface area contributed by atoms with Crippen molar-refractivity contribution in [3.63, 3.8) is 0 Å². The van der Waals surface area contributed by atoms with Gasteiger partial charge in [0.2, 0.25) is 5.89 Å². The molecule has 29 heavy (non-hydrogen) atoms. The fourth-order valence-corrected chi connectivity index (χ4v) is 3.38. The number of rotatable bonds is 8. The molecule has 1 aromatic carbocycles. The van der Waals surface area contributed by atoms with Crippen molar-refractivity contribution >= 4 is 12.0 Å². The predicted molar refractivity (Wildman–Crippen MR) is 112 cm³/mol. The average Bonchev–Trinajstić information content (AvgIpc) is 3.17. The van der Waals surface area contributed by atoms with Crippen LogP contribution in [0, 0.1) is 0 Å². The number of carbonyl (C=O) groups excluding carboxylic acids is 1. The van der Waals surface area contributed by atoms with Crippen molar-refractivity contribution in [2.45, 2.75) is 19.6 Å². The molecule has 2 aromatic rings. The first-order chi connectivity index (χ1) is 14.0. The fraction of sp³-hybridized carbons (Fsp3) is 0.455. The van der Waals surface area contributed by atoms with E-state index in [1.807, 2.05) is 18.2 Å². The van der Waals surface area contributed by atoms with E-state index < -0.39 is 6.10 Å². The standard InChI is InChI=1S/C22H30N4O3/c1-18(27)15-24(2)22(28)20-17-29-21(23-20)16-26-13-11-25(12-14-26)10-6-9-19-7-4-3-5-8-19/h3-9,17-18,27H,10-16H2,1-2H3/b9-6+. The maximum absolute atomic E-state index is 12.3. The summed E-state index contributed by atoms with van der Waals surface area (Å²) >= 11 is 0. The van der Waals surface area contributed by atoms with Crippen molar-refractivity contribution in [3.05, 3.63) is 59.8 Å². The minimum Gasteiger partial charge on any atom is -0.447 e. The number of aliphatic hydroxyl groups excluding tert-OH is 1. The second kappa shape index (κ2) is 10.3. The lowest BCUT2D eigenvalue weighted by molar-refractivity contribution is 0.0698. The van der Waals surface area contributed by atoms with Gasteiger partial charge in [-0.2, -0.15) is 0 Å². The Morgan fingerprint density at radius 2 is 1.93 bits per heavy atom. The number of amides is 1. The summed E-state index contributed by atoms with van der Waals surface area (Å²) in [6.07, 6.45) is 5.20. The summed E-state index contributed by atoms with van der Waals surface area (Å²) < 4.78 is 5.50. The topological polar surface area (TPSA) is 73.1 Å². The third kappa shape index (κ3) is 6.52. The van der Waals surface area contributed by atoms with Gasteiger partial charge >= 0.3 is 0 Å². The molecule has 0 spiro atoms. The molecule has 0 radical (unpaired) electrons. The Kier molecular flexibility index (Phi) is 7.57. The van der Waals surface area contributed by atoms with Crippen LogP contribution in [0.2, 0.25) is 0 Å². The largest absolute Gasteiger partial charge is 0.447 e. The van der Waals surface area contributed by atoms with Gasteiger partial charge in [-0.1, -0.05) is 42.5 Å². The lowest BCUT2D eigenvalue weighted by atomic mass is 10.2. The second-order valence-corrected chi connectivity index (χ2v) is 7.55. The predicted octanol–water partition coefficient (Wildman–Crippen LogP) is 1.96. The van der Waals surface area contributed by atoms with E-state index in [1.165, 1.54) is 16.7 Å². The highest BCUT2D eigenvalue weighted by Crippen LogP contribution is 2.11. The van der Waals surface area contributed by atoms with Crippen molar-refractivity contribution in [3.8, 4) is 0 Å². The van der Waals surface area contributed by atoms with Crippen molar-refractivity contribution in [1.82, 2.24) is 19.7 Å². The average molecular weight is 399 g/mol. The second-order valence-electron chi connectivity index (χ2n) is 7.55. The van der Waals surface area contributed by atoms with Crippen LogP contribution >= 0.6 is 0 Å². The van der Waals surface area contributed by atoms with Crippen molar-refractivity contribution in [1.29, 1.82) is 0 Å². The first-order valence-electron chi connectivity index (χ1n) is 10.1. The maximum Gasteiger partial charge on any atom is 0.275 e. The van der Waals surface area contributed by atoms with E-state index >= 15 is 0 Å². The number of aliphatic hydroxyl groups is 1. The van der Waals surface area contributed by atoms with E-state index in [1.54, 1.807) is 14.0 Å². The van der Waals surface area contributed by atoms with Gasteiger partial charge in [-0.05, 0) is 12.5 Å². The van der Waals surface area contributed by atoms with Gasteiger partial charge in [0, 0.05) is 46.3 Å². The lowest BCUT2D eigenvalue weighted by Gasteiger charge is -2.33. The van der Waals surface area contributed by atoms with Crippen LogP contribution in [0.1, 0.15) is 28.9 Å². The zero-order valence-corrected chi connectivity index (χ0v) is 17.2. The molecule has 0 saturated carbocycles. The SMILES string of the molecule is CC(O)CN(C)C(=O)c1coc(CN2CCN(C/C=C/c3ccccc3)CC2)n1. The quantitative estimate of drug-likeness (QED) is 0.733. The van der Waals surface area contributed by atoms with E-state index in [0.29, 0.717) is 12.4 Å². The first-order valence-corrected chi connectivity index (χ1v) is 10.1. The first kappa shape index (κ1) is 21.2. The van der Waals surface area contributed by atoms with Gasteiger partial charge < -0.3 is 14.4 Å². The van der Waals surface area contributed by atoms with E-state index in [-0.39, 0.29) is 18.1 Å². The van der Waals surface area contributed by atoms with Gasteiger partial charge in [0.15, 0.2) is 5.69 Å². The molecule has 1 aliphatic rings. The fourth-order valence-electron chi connectivity index (χ4n) is 3.38. The highest BCUT2D eigenvalue weighted by atomic mass is 16.3. The number of hydrogen-bond donors (Lipinski definition) is 1. The molecular weight excluding hydrogens is 368 g/mol. The van der Waals surface area contributed by atoms with Crippen molar-refractivity contribution in [2.24, 2.45) is 0 Å². The molecule has 0 aliphatic carbocycles. The van der Waals surface area contributed by atoms with Crippen molar-refractivity contribution < 1.29 is 14.3 Å². The van der Waals surface area contributed by atoms with Gasteiger partial charge in [0.05, 0.1) is 12.6 Å². The molecule has 1 aliphatic heterocycles. The van der Waals surface area contributed by atoms with Crippen LogP contribution in [0.3, 0.4) is 0 Å². The number of carbonyl (C=O) groups is 1. The Morgan fingerprint density at radius 3 is 2.62 bits per heavy atom. The molecule has 7 nitrogen and oxygen atoms in total. The Hall–Kier alpha value is -2.48. The third-order valence-corrected chi connectivity index (χ3v) is 4.95. The van der Waals surface area contributed by atoms with Crippen LogP contribution in [0.25, 0.3) is 6.08 Å². The van der Waals surface area contributed by atoms with Crippen LogP contribution in [0.5, 0.6) is 0 Å². The molecule has 0 bridgehead atoms. The van der Waals surface area contributed by atoms with Gasteiger partial charge in [-0.25, -0.2) is 4.98 Å². The molecule has 1 N–H and O–H groups in total. The molecule has 1 atom stereocenters. The zero-order valence-electron chi connectivity index (χ0n) is 17.2. The molecule has 156 valence electrons. The zero-order chi connectivity index (χ0) is 20.6. The molecule has 1 amide bonds. The third-order valence-electron chi connectivity index (χ3n) is 4.95. The summed E-state index contributed by atoms with van der Waals surface area (Å²) in [6, 6.07) is 10.3. The summed E-state index contributed by atoms with van der Waals surface area (Å²) in [5.41, 5.74) is 1.51. The Labute approximate surface area is 172 Å². The highest BCUT2D eigenvalue weighted by Gasteiger charge is 2.21. The number of piperazine rings is 1. The van der Waals surface area contributed by atoms with E-state index in [9.17, 15) is 9.90 Å². The Balaban J connectivity index is 1.42. The number of nitrogens with zero attached hydrogens (tertiary/aromatic N) is 4. The molecule has 2 heterocycles. The van der Waals surface area contributed by atoms with Crippen LogP contribution in [0.15, 0.2) is 47.1 Å². The van der Waals surface area contributed by atoms with E-state index in [2.05, 4.69) is 39.1 Å². The summed E-state index contributed by atoms with van der Waals surface area (Å²) in [7, 11) is 1.65. The van der Waals surface area contributed by atoms with Crippen LogP contribution in [-0.4, -0.2) is 83.1 Å². The van der Waals surface area contributed by atoms with E-state index in [4.69, 9.17) is 4.42 Å². The maximum atomic E-state index is 12.3. The van der Waals surface area contributed by atoms with Crippen LogP contribution in [0.4, 0.5) is 0 Å². The normalized spacial score (nSPS) is 16.9. The molecule has 3 rings (SSSR count). The number of likely N-dealkylation sites (N-methyl/N-ethyl adjacent to an activating group) is 1. The van der Waals surface area contributed by atoms with Gasteiger partial charge in [-0.3, -0.25) is 14.6 Å². The molecule has 1 unspecified atom stereocenters. The molecule has 1 fully saturated rings. The molecule has 7 heteroatoms. The van der Waals surface area contributed by atoms with Gasteiger partial charge in [0.1, 0.15) is 6.26 Å². The summed E-state index contributed by atoms with van der Waals surface area (Å²) in [5, 5.41) is 9.42. The molecule has 1 saturated heterocycles. The number of benzene rings is 1. The highest BCUT2D eigenvalue weighted by molar-refractivity contribution is 5.91. The minimum absolute atomic E-state index is 0.240. The van der Waals surface area contributed by atoms with Crippen LogP contribution in [-0.2, 0) is 6.54 Å². The summed E-state index contributed by atoms with van der Waals surface area (Å²) in [4.78, 5) is 22.8. The summed E-state index contributed by atoms with van der Waals surface area (Å²) in [5.74, 6) is 0.312. The Bertz CT molecular complexity index is 795. The van der Waals surface area contributed by atoms with E-state index in [0.717, 1.165) is 32.7 Å².